The average molecular weight is 252 g/mol. The zero-order valence-electron chi connectivity index (χ0n) is 10.7. The fourth-order valence-corrected chi connectivity index (χ4v) is 2.49. The molecule has 0 N–H and O–H groups in total. The van der Waals surface area contributed by atoms with Crippen molar-refractivity contribution in [3.05, 3.63) is 29.8 Å². The van der Waals surface area contributed by atoms with Gasteiger partial charge >= 0.3 is 0 Å². The Morgan fingerprint density at radius 3 is 2.47 bits per heavy atom. The van der Waals surface area contributed by atoms with E-state index < -0.39 is 0 Å². The highest BCUT2D eigenvalue weighted by atomic mass is 32.2. The van der Waals surface area contributed by atoms with Gasteiger partial charge in [0, 0.05) is 16.9 Å². The Labute approximate surface area is 108 Å². The Kier molecular flexibility index (Phi) is 5.56. The Bertz CT molecular complexity index is 344. The maximum atomic E-state index is 10.4. The SMILES string of the molecule is COc1ccc(CSC(C)(C)CCC=O)cc1. The summed E-state index contributed by atoms with van der Waals surface area (Å²) in [5, 5.41) is 0. The molecule has 1 rings (SSSR count). The number of ether oxygens (including phenoxy) is 1. The molecule has 94 valence electrons. The molecule has 0 saturated carbocycles. The number of hydrogen-bond donors (Lipinski definition) is 0. The second-order valence-corrected chi connectivity index (χ2v) is 6.28. The first-order chi connectivity index (χ1) is 8.07. The molecular formula is C14H20O2S. The van der Waals surface area contributed by atoms with Crippen LogP contribution in [0, 0.1) is 0 Å². The third-order valence-corrected chi connectivity index (χ3v) is 4.12. The molecule has 0 atom stereocenters. The van der Waals surface area contributed by atoms with Crippen molar-refractivity contribution >= 4 is 18.0 Å². The van der Waals surface area contributed by atoms with Crippen molar-refractivity contribution in [2.75, 3.05) is 7.11 Å². The molecule has 0 aliphatic rings. The van der Waals surface area contributed by atoms with Crippen LogP contribution in [0.4, 0.5) is 0 Å². The van der Waals surface area contributed by atoms with Gasteiger partial charge in [0.2, 0.25) is 0 Å². The third kappa shape index (κ3) is 5.26. The molecule has 1 aromatic carbocycles. The van der Waals surface area contributed by atoms with Crippen LogP contribution in [0.1, 0.15) is 32.3 Å². The monoisotopic (exact) mass is 252 g/mol. The van der Waals surface area contributed by atoms with Gasteiger partial charge in [-0.2, -0.15) is 11.8 Å². The number of aldehydes is 1. The van der Waals surface area contributed by atoms with Crippen LogP contribution in [0.15, 0.2) is 24.3 Å². The number of hydrogen-bond acceptors (Lipinski definition) is 3. The van der Waals surface area contributed by atoms with Crippen LogP contribution >= 0.6 is 11.8 Å². The first-order valence-corrected chi connectivity index (χ1v) is 6.76. The Morgan fingerprint density at radius 2 is 1.94 bits per heavy atom. The number of methoxy groups -OCH3 is 1. The van der Waals surface area contributed by atoms with E-state index in [0.29, 0.717) is 6.42 Å². The third-order valence-electron chi connectivity index (χ3n) is 2.65. The van der Waals surface area contributed by atoms with E-state index in [9.17, 15) is 4.79 Å². The number of thioether (sulfide) groups is 1. The maximum absolute atomic E-state index is 10.4. The number of benzene rings is 1. The molecule has 3 heteroatoms. The molecule has 0 amide bonds. The predicted molar refractivity (Wildman–Crippen MR) is 73.7 cm³/mol. The Hall–Kier alpha value is -0.960. The molecule has 0 spiro atoms. The summed E-state index contributed by atoms with van der Waals surface area (Å²) in [6.07, 6.45) is 2.57. The molecular weight excluding hydrogens is 232 g/mol. The molecule has 17 heavy (non-hydrogen) atoms. The lowest BCUT2D eigenvalue weighted by molar-refractivity contribution is -0.108. The number of rotatable bonds is 7. The van der Waals surface area contributed by atoms with Crippen LogP contribution in [0.3, 0.4) is 0 Å². The van der Waals surface area contributed by atoms with Crippen LogP contribution in [-0.4, -0.2) is 18.1 Å². The van der Waals surface area contributed by atoms with E-state index in [0.717, 1.165) is 24.2 Å². The quantitative estimate of drug-likeness (QED) is 0.692. The van der Waals surface area contributed by atoms with Crippen LogP contribution in [0.5, 0.6) is 5.75 Å². The zero-order valence-corrected chi connectivity index (χ0v) is 11.5. The lowest BCUT2D eigenvalue weighted by Crippen LogP contribution is -2.14. The topological polar surface area (TPSA) is 26.3 Å². The van der Waals surface area contributed by atoms with Crippen LogP contribution < -0.4 is 4.74 Å². The number of carbonyl (C=O) groups excluding carboxylic acids is 1. The van der Waals surface area contributed by atoms with Gasteiger partial charge < -0.3 is 9.53 Å². The second kappa shape index (κ2) is 6.70. The minimum absolute atomic E-state index is 0.154. The Morgan fingerprint density at radius 1 is 1.29 bits per heavy atom. The van der Waals surface area contributed by atoms with E-state index in [1.807, 2.05) is 23.9 Å². The Balaban J connectivity index is 2.45. The van der Waals surface area contributed by atoms with Crippen molar-refractivity contribution in [3.8, 4) is 5.75 Å². The predicted octanol–water partition coefficient (Wildman–Crippen LogP) is 3.69. The van der Waals surface area contributed by atoms with Gasteiger partial charge in [-0.15, -0.1) is 0 Å². The normalized spacial score (nSPS) is 11.2. The zero-order chi connectivity index (χ0) is 12.7. The van der Waals surface area contributed by atoms with Crippen LogP contribution in [0.2, 0.25) is 0 Å². The van der Waals surface area contributed by atoms with E-state index in [-0.39, 0.29) is 4.75 Å². The molecule has 0 aliphatic carbocycles. The molecule has 0 aromatic heterocycles. The lowest BCUT2D eigenvalue weighted by Gasteiger charge is -2.23. The molecule has 0 aliphatic heterocycles. The van der Waals surface area contributed by atoms with E-state index in [1.165, 1.54) is 5.56 Å². The van der Waals surface area contributed by atoms with Crippen molar-refractivity contribution in [1.82, 2.24) is 0 Å². The molecule has 0 saturated heterocycles. The molecule has 0 heterocycles. The standard InChI is InChI=1S/C14H20O2S/c1-14(2,9-4-10-15)17-11-12-5-7-13(16-3)8-6-12/h5-8,10H,4,9,11H2,1-3H3. The summed E-state index contributed by atoms with van der Waals surface area (Å²) in [5.74, 6) is 1.86. The minimum Gasteiger partial charge on any atom is -0.497 e. The van der Waals surface area contributed by atoms with Gasteiger partial charge in [0.1, 0.15) is 12.0 Å². The van der Waals surface area contributed by atoms with Gasteiger partial charge in [0.05, 0.1) is 7.11 Å². The fraction of sp³-hybridized carbons (Fsp3) is 0.500. The van der Waals surface area contributed by atoms with E-state index in [4.69, 9.17) is 4.74 Å². The fourth-order valence-electron chi connectivity index (χ4n) is 1.48. The minimum atomic E-state index is 0.154. The molecule has 2 nitrogen and oxygen atoms in total. The van der Waals surface area contributed by atoms with E-state index in [2.05, 4.69) is 26.0 Å². The summed E-state index contributed by atoms with van der Waals surface area (Å²) < 4.78 is 5.28. The highest BCUT2D eigenvalue weighted by molar-refractivity contribution is 7.99. The maximum Gasteiger partial charge on any atom is 0.120 e. The van der Waals surface area contributed by atoms with Crippen LogP contribution in [-0.2, 0) is 10.5 Å². The van der Waals surface area contributed by atoms with Crippen molar-refractivity contribution in [1.29, 1.82) is 0 Å². The highest BCUT2D eigenvalue weighted by Gasteiger charge is 2.17. The average Bonchev–Trinajstić information content (AvgIpc) is 2.35. The molecule has 0 radical (unpaired) electrons. The summed E-state index contributed by atoms with van der Waals surface area (Å²) in [6, 6.07) is 8.13. The largest absolute Gasteiger partial charge is 0.497 e. The van der Waals surface area contributed by atoms with Gasteiger partial charge in [-0.1, -0.05) is 26.0 Å². The second-order valence-electron chi connectivity index (χ2n) is 4.60. The van der Waals surface area contributed by atoms with E-state index >= 15 is 0 Å². The lowest BCUT2D eigenvalue weighted by atomic mass is 10.1. The summed E-state index contributed by atoms with van der Waals surface area (Å²) >= 11 is 1.89. The van der Waals surface area contributed by atoms with Crippen molar-refractivity contribution < 1.29 is 9.53 Å². The van der Waals surface area contributed by atoms with Crippen molar-refractivity contribution in [2.24, 2.45) is 0 Å². The smallest absolute Gasteiger partial charge is 0.120 e. The van der Waals surface area contributed by atoms with Gasteiger partial charge in [0.15, 0.2) is 0 Å². The van der Waals surface area contributed by atoms with E-state index in [1.54, 1.807) is 7.11 Å². The molecule has 0 fully saturated rings. The molecule has 0 unspecified atom stereocenters. The van der Waals surface area contributed by atoms with Gasteiger partial charge in [0.25, 0.3) is 0 Å². The molecule has 0 bridgehead atoms. The summed E-state index contributed by atoms with van der Waals surface area (Å²) in [4.78, 5) is 10.4. The van der Waals surface area contributed by atoms with Crippen molar-refractivity contribution in [2.45, 2.75) is 37.2 Å². The first-order valence-electron chi connectivity index (χ1n) is 5.78. The summed E-state index contributed by atoms with van der Waals surface area (Å²) in [7, 11) is 1.67. The molecule has 1 aromatic rings. The van der Waals surface area contributed by atoms with Gasteiger partial charge in [-0.25, -0.2) is 0 Å². The van der Waals surface area contributed by atoms with Gasteiger partial charge in [-0.3, -0.25) is 0 Å². The highest BCUT2D eigenvalue weighted by Crippen LogP contribution is 2.32. The van der Waals surface area contributed by atoms with Crippen molar-refractivity contribution in [3.63, 3.8) is 0 Å². The summed E-state index contributed by atoms with van der Waals surface area (Å²) in [6.45, 7) is 4.37. The number of carbonyl (C=O) groups is 1. The summed E-state index contributed by atoms with van der Waals surface area (Å²) in [5.41, 5.74) is 1.29. The van der Waals surface area contributed by atoms with Crippen LogP contribution in [0.25, 0.3) is 0 Å². The van der Waals surface area contributed by atoms with Gasteiger partial charge in [-0.05, 0) is 24.1 Å². The first kappa shape index (κ1) is 14.1.